The van der Waals surface area contributed by atoms with Crippen molar-refractivity contribution in [1.82, 2.24) is 0 Å². The Morgan fingerprint density at radius 3 is 2.00 bits per heavy atom. The SMILES string of the molecule is CCC(C)C(O)C1=C(O)C(CCC(C)C)=C(O)C(O)(CCC(C)C)C1=O. The van der Waals surface area contributed by atoms with Gasteiger partial charge in [-0.05, 0) is 43.4 Å². The van der Waals surface area contributed by atoms with Crippen molar-refractivity contribution in [3.63, 3.8) is 0 Å². The smallest absolute Gasteiger partial charge is 0.204 e. The molecule has 0 aliphatic heterocycles. The molecule has 1 aliphatic carbocycles. The zero-order chi connectivity index (χ0) is 20.2. The Hall–Kier alpha value is -1.33. The molecule has 0 aromatic rings. The van der Waals surface area contributed by atoms with E-state index in [0.29, 0.717) is 31.6 Å². The van der Waals surface area contributed by atoms with Crippen LogP contribution in [0.15, 0.2) is 22.7 Å². The number of rotatable bonds is 9. The van der Waals surface area contributed by atoms with E-state index in [4.69, 9.17) is 0 Å². The van der Waals surface area contributed by atoms with Crippen LogP contribution in [0.2, 0.25) is 0 Å². The highest BCUT2D eigenvalue weighted by Crippen LogP contribution is 2.40. The van der Waals surface area contributed by atoms with Crippen LogP contribution < -0.4 is 0 Å². The van der Waals surface area contributed by atoms with E-state index in [2.05, 4.69) is 0 Å². The fourth-order valence-electron chi connectivity index (χ4n) is 3.14. The van der Waals surface area contributed by atoms with Gasteiger partial charge in [0.25, 0.3) is 0 Å². The summed E-state index contributed by atoms with van der Waals surface area (Å²) >= 11 is 0. The molecule has 0 heterocycles. The molecule has 0 aromatic heterocycles. The summed E-state index contributed by atoms with van der Waals surface area (Å²) in [6.45, 7) is 11.7. The number of carbonyl (C=O) groups excluding carboxylic acids is 1. The van der Waals surface area contributed by atoms with Gasteiger partial charge < -0.3 is 20.4 Å². The van der Waals surface area contributed by atoms with Crippen molar-refractivity contribution in [2.24, 2.45) is 17.8 Å². The maximum Gasteiger partial charge on any atom is 0.204 e. The van der Waals surface area contributed by atoms with Gasteiger partial charge in [0.05, 0.1) is 11.7 Å². The average molecular weight is 369 g/mol. The second-order valence-corrected chi connectivity index (χ2v) is 8.47. The summed E-state index contributed by atoms with van der Waals surface area (Å²) in [5.74, 6) is -1.29. The largest absolute Gasteiger partial charge is 0.508 e. The molecule has 0 spiro atoms. The molecule has 3 atom stereocenters. The highest BCUT2D eigenvalue weighted by Gasteiger charge is 2.50. The molecular formula is C21H36O5. The molecular weight excluding hydrogens is 332 g/mol. The van der Waals surface area contributed by atoms with Crippen LogP contribution >= 0.6 is 0 Å². The van der Waals surface area contributed by atoms with E-state index in [-0.39, 0.29) is 35.2 Å². The number of Topliss-reactive ketones (excluding diaryl/α,β-unsaturated/α-hetero) is 1. The number of hydrogen-bond donors (Lipinski definition) is 4. The number of carbonyl (C=O) groups is 1. The first-order valence-electron chi connectivity index (χ1n) is 9.78. The topological polar surface area (TPSA) is 98.0 Å². The minimum atomic E-state index is -2.08. The lowest BCUT2D eigenvalue weighted by Gasteiger charge is -2.36. The van der Waals surface area contributed by atoms with Crippen LogP contribution in [0.3, 0.4) is 0 Å². The van der Waals surface area contributed by atoms with E-state index in [1.54, 1.807) is 6.92 Å². The lowest BCUT2D eigenvalue weighted by molar-refractivity contribution is -0.135. The Labute approximate surface area is 157 Å². The van der Waals surface area contributed by atoms with Crippen LogP contribution in [0.1, 0.15) is 73.6 Å². The van der Waals surface area contributed by atoms with Gasteiger partial charge in [0.15, 0.2) is 5.60 Å². The van der Waals surface area contributed by atoms with Gasteiger partial charge >= 0.3 is 0 Å². The Bertz CT molecular complexity index is 573. The van der Waals surface area contributed by atoms with E-state index in [0.717, 1.165) is 0 Å². The molecule has 5 heteroatoms. The van der Waals surface area contributed by atoms with E-state index < -0.39 is 23.2 Å². The first-order valence-corrected chi connectivity index (χ1v) is 9.78. The van der Waals surface area contributed by atoms with Crippen LogP contribution in [0.4, 0.5) is 0 Å². The van der Waals surface area contributed by atoms with Gasteiger partial charge in [-0.1, -0.05) is 48.0 Å². The fourth-order valence-corrected chi connectivity index (χ4v) is 3.14. The Kier molecular flexibility index (Phi) is 7.90. The Morgan fingerprint density at radius 1 is 1.00 bits per heavy atom. The van der Waals surface area contributed by atoms with Gasteiger partial charge in [-0.25, -0.2) is 0 Å². The van der Waals surface area contributed by atoms with Crippen LogP contribution in [0, 0.1) is 17.8 Å². The molecule has 1 aliphatic rings. The highest BCUT2D eigenvalue weighted by molar-refractivity contribution is 6.06. The van der Waals surface area contributed by atoms with Crippen molar-refractivity contribution >= 4 is 5.78 Å². The third-order valence-corrected chi connectivity index (χ3v) is 5.37. The molecule has 0 fully saturated rings. The average Bonchev–Trinajstić information content (AvgIpc) is 2.57. The van der Waals surface area contributed by atoms with Crippen molar-refractivity contribution in [3.05, 3.63) is 22.7 Å². The molecule has 1 rings (SSSR count). The second kappa shape index (κ2) is 9.05. The summed E-state index contributed by atoms with van der Waals surface area (Å²) in [6.07, 6.45) is 1.06. The van der Waals surface area contributed by atoms with Crippen LogP contribution in [0.5, 0.6) is 0 Å². The minimum Gasteiger partial charge on any atom is -0.508 e. The zero-order valence-corrected chi connectivity index (χ0v) is 17.0. The number of aliphatic hydroxyl groups excluding tert-OH is 3. The van der Waals surface area contributed by atoms with Crippen molar-refractivity contribution in [1.29, 1.82) is 0 Å². The Balaban J connectivity index is 3.45. The van der Waals surface area contributed by atoms with Gasteiger partial charge in [0.1, 0.15) is 11.5 Å². The van der Waals surface area contributed by atoms with Crippen LogP contribution in [-0.4, -0.2) is 37.9 Å². The number of allylic oxidation sites excluding steroid dienone is 1. The monoisotopic (exact) mass is 368 g/mol. The third kappa shape index (κ3) is 4.68. The molecule has 0 saturated heterocycles. The van der Waals surface area contributed by atoms with E-state index in [9.17, 15) is 25.2 Å². The summed E-state index contributed by atoms with van der Waals surface area (Å²) in [4.78, 5) is 13.0. The fraction of sp³-hybridized carbons (Fsp3) is 0.762. The van der Waals surface area contributed by atoms with Gasteiger partial charge in [0.2, 0.25) is 5.78 Å². The minimum absolute atomic E-state index is 0.0600. The van der Waals surface area contributed by atoms with Gasteiger partial charge in [-0.15, -0.1) is 0 Å². The van der Waals surface area contributed by atoms with Gasteiger partial charge in [-0.3, -0.25) is 4.79 Å². The molecule has 5 nitrogen and oxygen atoms in total. The predicted molar refractivity (Wildman–Crippen MR) is 103 cm³/mol. The van der Waals surface area contributed by atoms with Crippen LogP contribution in [0.25, 0.3) is 0 Å². The summed E-state index contributed by atoms with van der Waals surface area (Å²) in [7, 11) is 0. The normalized spacial score (nSPS) is 24.0. The third-order valence-electron chi connectivity index (χ3n) is 5.37. The van der Waals surface area contributed by atoms with Crippen molar-refractivity contribution in [2.45, 2.75) is 85.4 Å². The molecule has 0 bridgehead atoms. The second-order valence-electron chi connectivity index (χ2n) is 8.47. The van der Waals surface area contributed by atoms with Gasteiger partial charge in [-0.2, -0.15) is 0 Å². The van der Waals surface area contributed by atoms with E-state index in [1.165, 1.54) is 0 Å². The molecule has 0 saturated carbocycles. The molecule has 4 N–H and O–H groups in total. The molecule has 0 radical (unpaired) electrons. The molecule has 150 valence electrons. The van der Waals surface area contributed by atoms with Crippen molar-refractivity contribution < 1.29 is 25.2 Å². The molecule has 26 heavy (non-hydrogen) atoms. The number of ketones is 1. The summed E-state index contributed by atoms with van der Waals surface area (Å²) in [5.41, 5.74) is -2.06. The summed E-state index contributed by atoms with van der Waals surface area (Å²) in [5, 5.41) is 43.1. The quantitative estimate of drug-likeness (QED) is 0.489. The molecule has 0 aromatic carbocycles. The van der Waals surface area contributed by atoms with Crippen molar-refractivity contribution in [2.75, 3.05) is 0 Å². The number of hydrogen-bond acceptors (Lipinski definition) is 5. The predicted octanol–water partition coefficient (Wildman–Crippen LogP) is 4.20. The first-order chi connectivity index (χ1) is 12.0. The Morgan fingerprint density at radius 2 is 1.54 bits per heavy atom. The molecule has 3 unspecified atom stereocenters. The first kappa shape index (κ1) is 22.7. The van der Waals surface area contributed by atoms with E-state index in [1.807, 2.05) is 34.6 Å². The maximum atomic E-state index is 13.0. The van der Waals surface area contributed by atoms with E-state index >= 15 is 0 Å². The lowest BCUT2D eigenvalue weighted by atomic mass is 9.74. The van der Waals surface area contributed by atoms with Gasteiger partial charge in [0, 0.05) is 5.57 Å². The number of aliphatic hydroxyl groups is 4. The summed E-state index contributed by atoms with van der Waals surface area (Å²) in [6, 6.07) is 0. The van der Waals surface area contributed by atoms with Crippen molar-refractivity contribution in [3.8, 4) is 0 Å². The van der Waals surface area contributed by atoms with Crippen LogP contribution in [-0.2, 0) is 4.79 Å². The lowest BCUT2D eigenvalue weighted by Crippen LogP contribution is -2.48. The molecule has 0 amide bonds. The highest BCUT2D eigenvalue weighted by atomic mass is 16.3. The summed E-state index contributed by atoms with van der Waals surface area (Å²) < 4.78 is 0. The maximum absolute atomic E-state index is 13.0. The standard InChI is InChI=1S/C21H36O5/c1-7-14(6)17(22)16-18(23)15(9-8-12(2)3)19(24)21(26,20(16)25)11-10-13(4)5/h12-14,17,22-24,26H,7-11H2,1-6H3. The zero-order valence-electron chi connectivity index (χ0n) is 17.0.